The van der Waals surface area contributed by atoms with Gasteiger partial charge in [-0.1, -0.05) is 29.4 Å². The van der Waals surface area contributed by atoms with Gasteiger partial charge in [-0.15, -0.1) is 10.2 Å². The van der Waals surface area contributed by atoms with Crippen molar-refractivity contribution in [2.45, 2.75) is 12.1 Å². The number of rotatable bonds is 4. The van der Waals surface area contributed by atoms with Crippen molar-refractivity contribution in [2.75, 3.05) is 16.9 Å². The first-order valence-electron chi connectivity index (χ1n) is 5.41. The molecule has 0 atom stereocenters. The van der Waals surface area contributed by atoms with E-state index < -0.39 is 0 Å². The van der Waals surface area contributed by atoms with Gasteiger partial charge in [0.25, 0.3) is 0 Å². The molecule has 6 nitrogen and oxygen atoms in total. The lowest BCUT2D eigenvalue weighted by Gasteiger charge is -2.05. The number of hydrogen-bond acceptors (Lipinski definition) is 5. The Balaban J connectivity index is 1.90. The van der Waals surface area contributed by atoms with Gasteiger partial charge in [-0.2, -0.15) is 0 Å². The van der Waals surface area contributed by atoms with Crippen molar-refractivity contribution in [2.24, 2.45) is 0 Å². The second-order valence-corrected chi connectivity index (χ2v) is 5.13. The number of hydrogen-bond donors (Lipinski definition) is 2. The smallest absolute Gasteiger partial charge is 0.234 e. The van der Waals surface area contributed by atoms with E-state index in [1.54, 1.807) is 31.2 Å². The number of nitrogen functional groups attached to an aromatic ring is 1. The largest absolute Gasteiger partial charge is 0.336 e. The van der Waals surface area contributed by atoms with Gasteiger partial charge in [0, 0.05) is 10.7 Å². The summed E-state index contributed by atoms with van der Waals surface area (Å²) in [7, 11) is 0. The summed E-state index contributed by atoms with van der Waals surface area (Å²) in [5, 5.41) is 11.5. The van der Waals surface area contributed by atoms with E-state index >= 15 is 0 Å². The summed E-state index contributed by atoms with van der Waals surface area (Å²) < 4.78 is 1.34. The molecule has 0 spiro atoms. The molecule has 19 heavy (non-hydrogen) atoms. The molecule has 3 N–H and O–H groups in total. The summed E-state index contributed by atoms with van der Waals surface area (Å²) in [6, 6.07) is 6.96. The quantitative estimate of drug-likeness (QED) is 0.662. The summed E-state index contributed by atoms with van der Waals surface area (Å²) in [6.07, 6.45) is 0. The van der Waals surface area contributed by atoms with Crippen molar-refractivity contribution in [3.63, 3.8) is 0 Å². The number of carbonyl (C=O) groups is 1. The maximum atomic E-state index is 11.7. The molecule has 0 unspecified atom stereocenters. The van der Waals surface area contributed by atoms with E-state index in [2.05, 4.69) is 15.5 Å². The van der Waals surface area contributed by atoms with Crippen LogP contribution in [0, 0.1) is 6.92 Å². The maximum absolute atomic E-state index is 11.7. The fraction of sp³-hybridized carbons (Fsp3) is 0.182. The molecule has 0 radical (unpaired) electrons. The fourth-order valence-corrected chi connectivity index (χ4v) is 2.23. The molecule has 100 valence electrons. The maximum Gasteiger partial charge on any atom is 0.234 e. The van der Waals surface area contributed by atoms with Gasteiger partial charge in [0.05, 0.1) is 5.75 Å². The van der Waals surface area contributed by atoms with Crippen molar-refractivity contribution < 1.29 is 4.79 Å². The van der Waals surface area contributed by atoms with Crippen molar-refractivity contribution in [3.05, 3.63) is 35.1 Å². The Kier molecular flexibility index (Phi) is 4.28. The Morgan fingerprint density at radius 1 is 1.53 bits per heavy atom. The number of halogens is 1. The van der Waals surface area contributed by atoms with Gasteiger partial charge in [0.2, 0.25) is 11.1 Å². The molecule has 8 heteroatoms. The zero-order valence-corrected chi connectivity index (χ0v) is 11.7. The van der Waals surface area contributed by atoms with Crippen LogP contribution in [0.15, 0.2) is 29.4 Å². The number of aryl methyl sites for hydroxylation is 1. The summed E-state index contributed by atoms with van der Waals surface area (Å²) in [5.41, 5.74) is 0.656. The van der Waals surface area contributed by atoms with E-state index in [9.17, 15) is 4.79 Å². The average Bonchev–Trinajstić information content (AvgIpc) is 2.68. The molecule has 1 amide bonds. The van der Waals surface area contributed by atoms with Crippen LogP contribution in [0.5, 0.6) is 0 Å². The highest BCUT2D eigenvalue weighted by atomic mass is 35.5. The Bertz CT molecular complexity index is 601. The highest BCUT2D eigenvalue weighted by Gasteiger charge is 2.09. The number of anilines is 1. The zero-order chi connectivity index (χ0) is 13.8. The molecule has 0 bridgehead atoms. The van der Waals surface area contributed by atoms with Crippen LogP contribution in [-0.2, 0) is 4.79 Å². The topological polar surface area (TPSA) is 85.8 Å². The van der Waals surface area contributed by atoms with Crippen LogP contribution in [0.4, 0.5) is 5.69 Å². The molecule has 1 aromatic carbocycles. The Hall–Kier alpha value is -1.73. The highest BCUT2D eigenvalue weighted by molar-refractivity contribution is 7.99. The first kappa shape index (κ1) is 13.7. The molecule has 0 aliphatic carbocycles. The molecule has 1 heterocycles. The second-order valence-electron chi connectivity index (χ2n) is 3.75. The molecule has 1 aromatic heterocycles. The molecule has 0 aliphatic heterocycles. The third-order valence-electron chi connectivity index (χ3n) is 2.28. The highest BCUT2D eigenvalue weighted by Crippen LogP contribution is 2.17. The second kappa shape index (κ2) is 5.94. The monoisotopic (exact) mass is 297 g/mol. The third kappa shape index (κ3) is 3.62. The van der Waals surface area contributed by atoms with Crippen molar-refractivity contribution in [1.82, 2.24) is 14.9 Å². The number of aromatic nitrogens is 3. The standard InChI is InChI=1S/C11H12ClN5OS/c1-7-15-16-11(17(7)13)19-6-10(18)14-9-4-2-3-8(12)5-9/h2-5H,6,13H2,1H3,(H,14,18). The van der Waals surface area contributed by atoms with Gasteiger partial charge < -0.3 is 11.2 Å². The minimum absolute atomic E-state index is 0.159. The minimum Gasteiger partial charge on any atom is -0.336 e. The first-order valence-corrected chi connectivity index (χ1v) is 6.78. The molecule has 0 saturated carbocycles. The molecule has 2 aromatic rings. The molecule has 2 rings (SSSR count). The Morgan fingerprint density at radius 3 is 2.95 bits per heavy atom. The average molecular weight is 298 g/mol. The predicted molar refractivity (Wildman–Crippen MR) is 75.7 cm³/mol. The van der Waals surface area contributed by atoms with Gasteiger partial charge >= 0.3 is 0 Å². The van der Waals surface area contributed by atoms with Gasteiger partial charge in [-0.05, 0) is 25.1 Å². The zero-order valence-electron chi connectivity index (χ0n) is 10.1. The lowest BCUT2D eigenvalue weighted by Crippen LogP contribution is -2.16. The molecule has 0 saturated heterocycles. The van der Waals surface area contributed by atoms with E-state index in [-0.39, 0.29) is 11.7 Å². The van der Waals surface area contributed by atoms with E-state index in [0.29, 0.717) is 21.7 Å². The van der Waals surface area contributed by atoms with Crippen LogP contribution >= 0.6 is 23.4 Å². The Morgan fingerprint density at radius 2 is 2.32 bits per heavy atom. The third-order valence-corrected chi connectivity index (χ3v) is 3.45. The molecule has 0 aliphatic rings. The van der Waals surface area contributed by atoms with Crippen LogP contribution in [-0.4, -0.2) is 26.5 Å². The lowest BCUT2D eigenvalue weighted by atomic mass is 10.3. The van der Waals surface area contributed by atoms with Crippen molar-refractivity contribution >= 4 is 35.0 Å². The van der Waals surface area contributed by atoms with Gasteiger partial charge in [-0.3, -0.25) is 4.79 Å². The van der Waals surface area contributed by atoms with E-state index in [4.69, 9.17) is 17.4 Å². The number of benzene rings is 1. The van der Waals surface area contributed by atoms with E-state index in [0.717, 1.165) is 0 Å². The summed E-state index contributed by atoms with van der Waals surface area (Å²) >= 11 is 7.05. The summed E-state index contributed by atoms with van der Waals surface area (Å²) in [5.74, 6) is 6.32. The van der Waals surface area contributed by atoms with Gasteiger partial charge in [-0.25, -0.2) is 4.68 Å². The number of thioether (sulfide) groups is 1. The number of nitrogens with zero attached hydrogens (tertiary/aromatic N) is 3. The van der Waals surface area contributed by atoms with Gasteiger partial charge in [0.1, 0.15) is 5.82 Å². The van der Waals surface area contributed by atoms with Crippen LogP contribution in [0.1, 0.15) is 5.82 Å². The summed E-state index contributed by atoms with van der Waals surface area (Å²) in [4.78, 5) is 11.7. The number of carbonyl (C=O) groups excluding carboxylic acids is 1. The molecular formula is C11H12ClN5OS. The van der Waals surface area contributed by atoms with Crippen LogP contribution in [0.3, 0.4) is 0 Å². The number of nitrogens with two attached hydrogens (primary N) is 1. The normalized spacial score (nSPS) is 10.4. The summed E-state index contributed by atoms with van der Waals surface area (Å²) in [6.45, 7) is 1.74. The van der Waals surface area contributed by atoms with Crippen LogP contribution in [0.2, 0.25) is 5.02 Å². The predicted octanol–water partition coefficient (Wildman–Crippen LogP) is 1.68. The minimum atomic E-state index is -0.159. The number of amides is 1. The molecule has 0 fully saturated rings. The fourth-order valence-electron chi connectivity index (χ4n) is 1.34. The SMILES string of the molecule is Cc1nnc(SCC(=O)Nc2cccc(Cl)c2)n1N. The Labute approximate surface area is 119 Å². The van der Waals surface area contributed by atoms with E-state index in [1.165, 1.54) is 16.4 Å². The van der Waals surface area contributed by atoms with Crippen molar-refractivity contribution in [3.8, 4) is 0 Å². The van der Waals surface area contributed by atoms with Gasteiger partial charge in [0.15, 0.2) is 0 Å². The number of nitrogens with one attached hydrogen (secondary N) is 1. The lowest BCUT2D eigenvalue weighted by molar-refractivity contribution is -0.113. The molecular weight excluding hydrogens is 286 g/mol. The van der Waals surface area contributed by atoms with Crippen LogP contribution in [0.25, 0.3) is 0 Å². The first-order chi connectivity index (χ1) is 9.06. The van der Waals surface area contributed by atoms with Crippen molar-refractivity contribution in [1.29, 1.82) is 0 Å². The van der Waals surface area contributed by atoms with E-state index in [1.807, 2.05) is 0 Å². The van der Waals surface area contributed by atoms with Crippen LogP contribution < -0.4 is 11.2 Å².